The number of esters is 1. The van der Waals surface area contributed by atoms with E-state index in [2.05, 4.69) is 22.6 Å². The molecule has 0 radical (unpaired) electrons. The van der Waals surface area contributed by atoms with Crippen LogP contribution in [0.2, 0.25) is 0 Å². The number of carbonyl (C=O) groups is 1. The molecule has 1 aromatic carbocycles. The molecule has 1 saturated heterocycles. The monoisotopic (exact) mass is 421 g/mol. The molecule has 3 rings (SSSR count). The highest BCUT2D eigenvalue weighted by atomic mass is 16.8. The van der Waals surface area contributed by atoms with Gasteiger partial charge in [0.25, 0.3) is 0 Å². The van der Waals surface area contributed by atoms with Crippen LogP contribution in [0, 0.1) is 23.2 Å². The number of ether oxygens (including phenoxy) is 4. The highest BCUT2D eigenvalue weighted by molar-refractivity contribution is 5.70. The molecule has 1 aliphatic heterocycles. The maximum atomic E-state index is 11.3. The summed E-state index contributed by atoms with van der Waals surface area (Å²) in [6, 6.07) is 9.22. The van der Waals surface area contributed by atoms with Crippen LogP contribution in [0.25, 0.3) is 0 Å². The standard InChI is InChI=1S/C25H27NO5/c1-28-24(27)19-29-18-23-22(30-25(31-23)15-7-4-8-16-25)10-6-3-2-5-9-20-11-13-21(17-26)14-12-20/h2-3,6,10-14,22-23H,4,7-8,15-16,18-19H2,1H3/b3-2+,10-6+/t22-,23+/m1/s1. The van der Waals surface area contributed by atoms with Crippen LogP contribution in [0.5, 0.6) is 0 Å². The third-order valence-corrected chi connectivity index (χ3v) is 5.25. The largest absolute Gasteiger partial charge is 0.467 e. The maximum absolute atomic E-state index is 11.3. The lowest BCUT2D eigenvalue weighted by molar-refractivity contribution is -0.195. The van der Waals surface area contributed by atoms with E-state index in [-0.39, 0.29) is 25.4 Å². The third-order valence-electron chi connectivity index (χ3n) is 5.25. The number of rotatable bonds is 6. The molecule has 31 heavy (non-hydrogen) atoms. The smallest absolute Gasteiger partial charge is 0.331 e. The molecule has 2 atom stereocenters. The minimum absolute atomic E-state index is 0.107. The van der Waals surface area contributed by atoms with Gasteiger partial charge in [-0.3, -0.25) is 0 Å². The zero-order valence-electron chi connectivity index (χ0n) is 17.7. The van der Waals surface area contributed by atoms with Gasteiger partial charge >= 0.3 is 5.97 Å². The summed E-state index contributed by atoms with van der Waals surface area (Å²) >= 11 is 0. The van der Waals surface area contributed by atoms with E-state index in [1.807, 2.05) is 30.4 Å². The van der Waals surface area contributed by atoms with Crippen LogP contribution in [-0.2, 0) is 23.7 Å². The fourth-order valence-corrected chi connectivity index (χ4v) is 3.66. The van der Waals surface area contributed by atoms with Crippen LogP contribution in [0.3, 0.4) is 0 Å². The third kappa shape index (κ3) is 6.80. The number of carbonyl (C=O) groups excluding carboxylic acids is 1. The van der Waals surface area contributed by atoms with Gasteiger partial charge in [-0.15, -0.1) is 0 Å². The summed E-state index contributed by atoms with van der Waals surface area (Å²) in [5, 5.41) is 8.82. The first-order valence-electron chi connectivity index (χ1n) is 10.5. The van der Waals surface area contributed by atoms with Crippen molar-refractivity contribution in [2.75, 3.05) is 20.3 Å². The fourth-order valence-electron chi connectivity index (χ4n) is 3.66. The highest BCUT2D eigenvalue weighted by Crippen LogP contribution is 2.40. The number of nitriles is 1. The summed E-state index contributed by atoms with van der Waals surface area (Å²) < 4.78 is 22.6. The van der Waals surface area contributed by atoms with Gasteiger partial charge in [0.2, 0.25) is 0 Å². The molecule has 1 aliphatic carbocycles. The molecular weight excluding hydrogens is 394 g/mol. The van der Waals surface area contributed by atoms with E-state index < -0.39 is 11.8 Å². The summed E-state index contributed by atoms with van der Waals surface area (Å²) in [6.45, 7) is 0.151. The average Bonchev–Trinajstić information content (AvgIpc) is 3.13. The van der Waals surface area contributed by atoms with Gasteiger partial charge in [-0.1, -0.05) is 36.5 Å². The second-order valence-electron chi connectivity index (χ2n) is 7.50. The molecule has 162 valence electrons. The Balaban J connectivity index is 1.57. The van der Waals surface area contributed by atoms with E-state index in [9.17, 15) is 4.79 Å². The van der Waals surface area contributed by atoms with Crippen LogP contribution in [0.15, 0.2) is 48.6 Å². The van der Waals surface area contributed by atoms with E-state index in [1.165, 1.54) is 13.5 Å². The zero-order chi connectivity index (χ0) is 21.9. The van der Waals surface area contributed by atoms with Crippen LogP contribution in [-0.4, -0.2) is 44.3 Å². The number of hydrogen-bond acceptors (Lipinski definition) is 6. The number of benzene rings is 1. The Labute approximate surface area is 183 Å². The molecule has 2 fully saturated rings. The molecule has 1 heterocycles. The van der Waals surface area contributed by atoms with Crippen molar-refractivity contribution in [1.82, 2.24) is 0 Å². The zero-order valence-corrected chi connectivity index (χ0v) is 17.7. The second-order valence-corrected chi connectivity index (χ2v) is 7.50. The predicted molar refractivity (Wildman–Crippen MR) is 115 cm³/mol. The Hall–Kier alpha value is -2.90. The van der Waals surface area contributed by atoms with Crippen molar-refractivity contribution in [3.63, 3.8) is 0 Å². The van der Waals surface area contributed by atoms with Crippen molar-refractivity contribution in [2.45, 2.75) is 50.1 Å². The SMILES string of the molecule is COC(=O)COC[C@@H]1OC2(CCCCC2)O[C@@H]1/C=C/C=C/C#Cc1ccc(C#N)cc1. The molecule has 1 spiro atoms. The van der Waals surface area contributed by atoms with E-state index in [4.69, 9.17) is 19.5 Å². The number of methoxy groups -OCH3 is 1. The van der Waals surface area contributed by atoms with Crippen molar-refractivity contribution < 1.29 is 23.7 Å². The molecule has 1 saturated carbocycles. The Morgan fingerprint density at radius 3 is 2.61 bits per heavy atom. The van der Waals surface area contributed by atoms with E-state index in [1.54, 1.807) is 18.2 Å². The summed E-state index contributed by atoms with van der Waals surface area (Å²) in [6.07, 6.45) is 12.0. The lowest BCUT2D eigenvalue weighted by atomic mass is 9.94. The summed E-state index contributed by atoms with van der Waals surface area (Å²) in [4.78, 5) is 11.3. The van der Waals surface area contributed by atoms with Gasteiger partial charge in [0, 0.05) is 18.4 Å². The molecule has 0 N–H and O–H groups in total. The van der Waals surface area contributed by atoms with Gasteiger partial charge in [0.15, 0.2) is 5.79 Å². The van der Waals surface area contributed by atoms with E-state index in [0.29, 0.717) is 5.56 Å². The van der Waals surface area contributed by atoms with Crippen molar-refractivity contribution in [1.29, 1.82) is 5.26 Å². The first-order valence-corrected chi connectivity index (χ1v) is 10.5. The summed E-state index contributed by atoms with van der Waals surface area (Å²) in [7, 11) is 1.33. The number of nitrogens with zero attached hydrogens (tertiary/aromatic N) is 1. The van der Waals surface area contributed by atoms with Gasteiger partial charge in [-0.05, 0) is 43.2 Å². The molecule has 0 unspecified atom stereocenters. The van der Waals surface area contributed by atoms with Crippen molar-refractivity contribution >= 4 is 5.97 Å². The maximum Gasteiger partial charge on any atom is 0.331 e. The molecular formula is C25H27NO5. The Bertz CT molecular complexity index is 895. The van der Waals surface area contributed by atoms with Crippen molar-refractivity contribution in [3.8, 4) is 17.9 Å². The normalized spacial score (nSPS) is 22.3. The fraction of sp³-hybridized carbons (Fsp3) is 0.440. The molecule has 2 aliphatic rings. The van der Waals surface area contributed by atoms with Gasteiger partial charge in [-0.2, -0.15) is 5.26 Å². The second kappa shape index (κ2) is 11.5. The molecule has 0 aromatic heterocycles. The van der Waals surface area contributed by atoms with Gasteiger partial charge in [0.05, 0.1) is 25.3 Å². The minimum Gasteiger partial charge on any atom is -0.467 e. The molecule has 0 bridgehead atoms. The van der Waals surface area contributed by atoms with E-state index >= 15 is 0 Å². The van der Waals surface area contributed by atoms with Crippen molar-refractivity contribution in [3.05, 3.63) is 59.7 Å². The lowest BCUT2D eigenvalue weighted by Crippen LogP contribution is -2.34. The van der Waals surface area contributed by atoms with E-state index in [0.717, 1.165) is 31.2 Å². The van der Waals surface area contributed by atoms with Crippen molar-refractivity contribution in [2.24, 2.45) is 0 Å². The number of hydrogen-bond donors (Lipinski definition) is 0. The minimum atomic E-state index is -0.550. The topological polar surface area (TPSA) is 77.8 Å². The van der Waals surface area contributed by atoms with Gasteiger partial charge < -0.3 is 18.9 Å². The lowest BCUT2D eigenvalue weighted by Gasteiger charge is -2.31. The molecule has 6 heteroatoms. The Morgan fingerprint density at radius 2 is 1.90 bits per heavy atom. The summed E-state index contributed by atoms with van der Waals surface area (Å²) in [5.41, 5.74) is 1.46. The average molecular weight is 421 g/mol. The molecule has 6 nitrogen and oxygen atoms in total. The van der Waals surface area contributed by atoms with Gasteiger partial charge in [-0.25, -0.2) is 4.79 Å². The molecule has 1 aromatic rings. The first-order chi connectivity index (χ1) is 15.1. The van der Waals surface area contributed by atoms with Crippen LogP contribution >= 0.6 is 0 Å². The Kier molecular flexibility index (Phi) is 8.44. The quantitative estimate of drug-likeness (QED) is 0.396. The Morgan fingerprint density at radius 1 is 1.16 bits per heavy atom. The van der Waals surface area contributed by atoms with Crippen LogP contribution in [0.1, 0.15) is 43.2 Å². The highest BCUT2D eigenvalue weighted by Gasteiger charge is 2.47. The molecule has 0 amide bonds. The predicted octanol–water partition coefficient (Wildman–Crippen LogP) is 3.66. The number of allylic oxidation sites excluding steroid dienone is 3. The summed E-state index contributed by atoms with van der Waals surface area (Å²) in [5.74, 6) is 5.03. The first kappa shape index (κ1) is 22.8. The van der Waals surface area contributed by atoms with Gasteiger partial charge in [0.1, 0.15) is 18.8 Å². The van der Waals surface area contributed by atoms with Crippen LogP contribution < -0.4 is 0 Å². The van der Waals surface area contributed by atoms with Crippen LogP contribution in [0.4, 0.5) is 0 Å².